The second-order valence-electron chi connectivity index (χ2n) is 7.00. The molecule has 3 rings (SSSR count). The number of rotatable bonds is 6. The van der Waals surface area contributed by atoms with Crippen molar-refractivity contribution in [2.45, 2.75) is 40.3 Å². The summed E-state index contributed by atoms with van der Waals surface area (Å²) < 4.78 is 1.97. The van der Waals surface area contributed by atoms with E-state index in [0.29, 0.717) is 5.56 Å². The quantitative estimate of drug-likeness (QED) is 0.589. The van der Waals surface area contributed by atoms with E-state index in [2.05, 4.69) is 41.7 Å². The zero-order valence-corrected chi connectivity index (χ0v) is 18.4. The summed E-state index contributed by atoms with van der Waals surface area (Å²) in [4.78, 5) is 12.9. The van der Waals surface area contributed by atoms with E-state index in [9.17, 15) is 4.79 Å². The van der Waals surface area contributed by atoms with Crippen LogP contribution in [-0.2, 0) is 6.54 Å². The van der Waals surface area contributed by atoms with Crippen molar-refractivity contribution < 1.29 is 4.79 Å². The molecule has 0 aliphatic heterocycles. The molecule has 0 radical (unpaired) electrons. The van der Waals surface area contributed by atoms with Crippen LogP contribution in [-0.4, -0.2) is 22.7 Å². The molecule has 1 aromatic heterocycles. The molecule has 29 heavy (non-hydrogen) atoms. The molecule has 1 amide bonds. The molecule has 0 bridgehead atoms. The second kappa shape index (κ2) is 9.61. The topological polar surface area (TPSA) is 59.0 Å². The van der Waals surface area contributed by atoms with Gasteiger partial charge in [-0.15, -0.1) is 12.4 Å². The molecule has 0 fully saturated rings. The first-order valence-electron chi connectivity index (χ1n) is 9.67. The van der Waals surface area contributed by atoms with E-state index < -0.39 is 0 Å². The molecule has 1 unspecified atom stereocenters. The summed E-state index contributed by atoms with van der Waals surface area (Å²) in [5, 5.41) is 10.8. The van der Waals surface area contributed by atoms with E-state index in [-0.39, 0.29) is 24.4 Å². The van der Waals surface area contributed by atoms with Gasteiger partial charge in [0.15, 0.2) is 0 Å². The Labute approximate surface area is 178 Å². The Balaban J connectivity index is 0.00000300. The average molecular weight is 413 g/mol. The van der Waals surface area contributed by atoms with Crippen molar-refractivity contribution in [1.29, 1.82) is 0 Å². The van der Waals surface area contributed by atoms with E-state index in [4.69, 9.17) is 0 Å². The number of hydrogen-bond donors (Lipinski definition) is 2. The standard InChI is InChI=1S/C23H28N4O.ClH/c1-6-27-17(4)22(16(3)26-27)15(2)25-23(28)20-9-7-8-19(14-20)18-10-12-21(24-5)13-11-18;/h7-15,24H,6H2,1-5H3,(H,25,28);1H. The number of nitrogens with one attached hydrogen (secondary N) is 2. The molecule has 2 N–H and O–H groups in total. The molecule has 2 aromatic carbocycles. The summed E-state index contributed by atoms with van der Waals surface area (Å²) >= 11 is 0. The van der Waals surface area contributed by atoms with E-state index in [1.54, 1.807) is 0 Å². The lowest BCUT2D eigenvalue weighted by Gasteiger charge is -2.15. The Kier molecular flexibility index (Phi) is 7.46. The van der Waals surface area contributed by atoms with Crippen LogP contribution in [0, 0.1) is 13.8 Å². The van der Waals surface area contributed by atoms with Crippen molar-refractivity contribution in [2.24, 2.45) is 0 Å². The number of carbonyl (C=O) groups is 1. The summed E-state index contributed by atoms with van der Waals surface area (Å²) in [7, 11) is 1.90. The summed E-state index contributed by atoms with van der Waals surface area (Å²) in [5.74, 6) is -0.0794. The third kappa shape index (κ3) is 4.80. The third-order valence-electron chi connectivity index (χ3n) is 5.15. The number of hydrogen-bond acceptors (Lipinski definition) is 3. The van der Waals surface area contributed by atoms with E-state index in [1.807, 2.05) is 62.0 Å². The molecule has 0 spiro atoms. The van der Waals surface area contributed by atoms with Crippen LogP contribution in [0.5, 0.6) is 0 Å². The van der Waals surface area contributed by atoms with Crippen molar-refractivity contribution in [1.82, 2.24) is 15.1 Å². The van der Waals surface area contributed by atoms with Gasteiger partial charge in [-0.2, -0.15) is 5.10 Å². The van der Waals surface area contributed by atoms with E-state index >= 15 is 0 Å². The van der Waals surface area contributed by atoms with Gasteiger partial charge in [-0.05, 0) is 63.1 Å². The van der Waals surface area contributed by atoms with Crippen LogP contribution < -0.4 is 10.6 Å². The van der Waals surface area contributed by atoms with Crippen LogP contribution in [0.4, 0.5) is 5.69 Å². The van der Waals surface area contributed by atoms with Gasteiger partial charge >= 0.3 is 0 Å². The van der Waals surface area contributed by atoms with Gasteiger partial charge < -0.3 is 10.6 Å². The fourth-order valence-electron chi connectivity index (χ4n) is 3.67. The lowest BCUT2D eigenvalue weighted by atomic mass is 10.0. The van der Waals surface area contributed by atoms with E-state index in [0.717, 1.165) is 40.3 Å². The second-order valence-corrected chi connectivity index (χ2v) is 7.00. The normalized spacial score (nSPS) is 11.5. The first kappa shape index (κ1) is 22.5. The Morgan fingerprint density at radius 3 is 2.38 bits per heavy atom. The zero-order chi connectivity index (χ0) is 20.3. The predicted molar refractivity (Wildman–Crippen MR) is 122 cm³/mol. The van der Waals surface area contributed by atoms with Crippen LogP contribution in [0.1, 0.15) is 47.2 Å². The van der Waals surface area contributed by atoms with Crippen molar-refractivity contribution in [3.05, 3.63) is 71.0 Å². The van der Waals surface area contributed by atoms with Gasteiger partial charge in [0.1, 0.15) is 0 Å². The number of aryl methyl sites for hydroxylation is 2. The molecule has 5 nitrogen and oxygen atoms in total. The Bertz CT molecular complexity index is 979. The minimum Gasteiger partial charge on any atom is -0.388 e. The van der Waals surface area contributed by atoms with Gasteiger partial charge in [-0.1, -0.05) is 24.3 Å². The summed E-state index contributed by atoms with van der Waals surface area (Å²) in [5.41, 5.74) is 6.97. The van der Waals surface area contributed by atoms with Gasteiger partial charge in [-0.25, -0.2) is 0 Å². The number of halogens is 1. The monoisotopic (exact) mass is 412 g/mol. The minimum absolute atomic E-state index is 0. The van der Waals surface area contributed by atoms with Crippen LogP contribution in [0.15, 0.2) is 48.5 Å². The smallest absolute Gasteiger partial charge is 0.251 e. The number of anilines is 1. The highest BCUT2D eigenvalue weighted by atomic mass is 35.5. The number of amides is 1. The fraction of sp³-hybridized carbons (Fsp3) is 0.304. The maximum atomic E-state index is 12.9. The zero-order valence-electron chi connectivity index (χ0n) is 17.6. The van der Waals surface area contributed by atoms with Gasteiger partial charge in [-0.3, -0.25) is 9.48 Å². The Hall–Kier alpha value is -2.79. The third-order valence-corrected chi connectivity index (χ3v) is 5.15. The fourth-order valence-corrected chi connectivity index (χ4v) is 3.67. The van der Waals surface area contributed by atoms with Crippen molar-refractivity contribution in [2.75, 3.05) is 12.4 Å². The first-order valence-corrected chi connectivity index (χ1v) is 9.67. The van der Waals surface area contributed by atoms with Crippen LogP contribution in [0.2, 0.25) is 0 Å². The SMILES string of the molecule is CCn1nc(C)c(C(C)NC(=O)c2cccc(-c3ccc(NC)cc3)c2)c1C.Cl. The molecule has 3 aromatic rings. The highest BCUT2D eigenvalue weighted by Gasteiger charge is 2.19. The van der Waals surface area contributed by atoms with Gasteiger partial charge in [0.2, 0.25) is 0 Å². The molecular formula is C23H29ClN4O. The molecule has 154 valence electrons. The lowest BCUT2D eigenvalue weighted by molar-refractivity contribution is 0.0940. The predicted octanol–water partition coefficient (Wildman–Crippen LogP) is 5.14. The molecule has 0 aliphatic carbocycles. The minimum atomic E-state index is -0.105. The molecule has 0 aliphatic rings. The number of nitrogens with zero attached hydrogens (tertiary/aromatic N) is 2. The van der Waals surface area contributed by atoms with E-state index in [1.165, 1.54) is 0 Å². The molecule has 1 atom stereocenters. The van der Waals surface area contributed by atoms with Gasteiger partial charge in [0.05, 0.1) is 11.7 Å². The molecular weight excluding hydrogens is 384 g/mol. The first-order chi connectivity index (χ1) is 13.4. The lowest BCUT2D eigenvalue weighted by Crippen LogP contribution is -2.27. The Morgan fingerprint density at radius 2 is 1.79 bits per heavy atom. The molecule has 6 heteroatoms. The number of benzene rings is 2. The van der Waals surface area contributed by atoms with Crippen LogP contribution in [0.3, 0.4) is 0 Å². The molecule has 1 heterocycles. The average Bonchev–Trinajstić information content (AvgIpc) is 3.01. The van der Waals surface area contributed by atoms with Crippen LogP contribution >= 0.6 is 12.4 Å². The molecule has 0 saturated carbocycles. The van der Waals surface area contributed by atoms with Crippen molar-refractivity contribution in [3.8, 4) is 11.1 Å². The van der Waals surface area contributed by atoms with Gasteiger partial charge in [0.25, 0.3) is 5.91 Å². The summed E-state index contributed by atoms with van der Waals surface area (Å²) in [6.07, 6.45) is 0. The van der Waals surface area contributed by atoms with Gasteiger partial charge in [0, 0.05) is 36.1 Å². The maximum Gasteiger partial charge on any atom is 0.251 e. The number of carbonyl (C=O) groups excluding carboxylic acids is 1. The Morgan fingerprint density at radius 1 is 1.10 bits per heavy atom. The highest BCUT2D eigenvalue weighted by molar-refractivity contribution is 5.95. The van der Waals surface area contributed by atoms with Crippen molar-refractivity contribution >= 4 is 24.0 Å². The maximum absolute atomic E-state index is 12.9. The highest BCUT2D eigenvalue weighted by Crippen LogP contribution is 2.24. The summed E-state index contributed by atoms with van der Waals surface area (Å²) in [6.45, 7) is 8.95. The molecule has 0 saturated heterocycles. The summed E-state index contributed by atoms with van der Waals surface area (Å²) in [6, 6.07) is 15.8. The number of aromatic nitrogens is 2. The van der Waals surface area contributed by atoms with Crippen molar-refractivity contribution in [3.63, 3.8) is 0 Å². The van der Waals surface area contributed by atoms with Crippen LogP contribution in [0.25, 0.3) is 11.1 Å². The largest absolute Gasteiger partial charge is 0.388 e.